The number of nitrogens with one attached hydrogen (secondary N) is 1. The smallest absolute Gasteiger partial charge is 0.379 e. The van der Waals surface area contributed by atoms with E-state index >= 15 is 0 Å². The molecule has 1 aromatic heterocycles. The lowest BCUT2D eigenvalue weighted by atomic mass is 10.2. The number of esters is 2. The fourth-order valence-corrected chi connectivity index (χ4v) is 1.66. The van der Waals surface area contributed by atoms with Gasteiger partial charge in [-0.25, -0.2) is 4.79 Å². The van der Waals surface area contributed by atoms with Gasteiger partial charge in [-0.3, -0.25) is 14.4 Å². The first-order valence-corrected chi connectivity index (χ1v) is 6.30. The highest BCUT2D eigenvalue weighted by molar-refractivity contribution is 6.41. The number of aromatic nitrogens is 1. The number of H-pyrrole nitrogens is 1. The summed E-state index contributed by atoms with van der Waals surface area (Å²) in [4.78, 5) is 43.1. The van der Waals surface area contributed by atoms with Crippen molar-refractivity contribution >= 4 is 23.6 Å². The van der Waals surface area contributed by atoms with E-state index in [1.165, 1.54) is 0 Å². The fraction of sp³-hybridized carbons (Fsp3) is 0.385. The Kier molecular flexibility index (Phi) is 6.11. The Bertz CT molecular complexity index is 629. The molecule has 0 amide bonds. The van der Waals surface area contributed by atoms with Gasteiger partial charge in [0.05, 0.1) is 7.11 Å². The number of hydrogen-bond donors (Lipinski definition) is 2. The van der Waals surface area contributed by atoms with E-state index in [0.29, 0.717) is 6.42 Å². The molecule has 0 saturated carbocycles. The number of ketones is 1. The van der Waals surface area contributed by atoms with Crippen LogP contribution in [0.25, 0.3) is 0 Å². The molecule has 0 aromatic carbocycles. The van der Waals surface area contributed by atoms with Crippen molar-refractivity contribution in [3.8, 4) is 0 Å². The minimum atomic E-state index is -1.17. The van der Waals surface area contributed by atoms with Crippen LogP contribution in [-0.4, -0.2) is 36.1 Å². The van der Waals surface area contributed by atoms with Crippen LogP contribution in [0.2, 0.25) is 0 Å². The predicted molar refractivity (Wildman–Crippen MR) is 74.0 cm³/mol. The number of nitrogen functional groups attached to an aromatic ring is 1. The lowest BCUT2D eigenvalue weighted by Gasteiger charge is -2.02. The van der Waals surface area contributed by atoms with Crippen LogP contribution in [0.1, 0.15) is 29.6 Å². The first kappa shape index (κ1) is 17.2. The summed E-state index contributed by atoms with van der Waals surface area (Å²) in [6, 6.07) is 0. The Labute approximate surface area is 125 Å². The van der Waals surface area contributed by atoms with Crippen LogP contribution in [-0.2, 0) is 19.1 Å². The number of aromatic amines is 1. The van der Waals surface area contributed by atoms with E-state index in [9.17, 15) is 19.2 Å². The number of cyclic esters (lactones) is 1. The van der Waals surface area contributed by atoms with Gasteiger partial charge in [0.25, 0.3) is 11.3 Å². The minimum absolute atomic E-state index is 0.0677. The van der Waals surface area contributed by atoms with E-state index in [-0.39, 0.29) is 12.1 Å². The van der Waals surface area contributed by atoms with Crippen LogP contribution in [0.4, 0.5) is 5.88 Å². The standard InChI is InChI=1S/C7H10O2.C6H6N2O5/c1-2-3-6-4-5-7(8)9-6;1-12-6(11)3(9)2-4(7)13-8-5(2)10/h2,6H,1,3-5H2;7H2,1H3,(H,8,10). The van der Waals surface area contributed by atoms with Crippen molar-refractivity contribution < 1.29 is 28.4 Å². The molecular formula is C13H16N2O7. The van der Waals surface area contributed by atoms with Crippen LogP contribution in [0.15, 0.2) is 22.0 Å². The average Bonchev–Trinajstić information content (AvgIpc) is 3.04. The molecule has 1 unspecified atom stereocenters. The summed E-state index contributed by atoms with van der Waals surface area (Å²) in [5, 5.41) is 1.81. The summed E-state index contributed by atoms with van der Waals surface area (Å²) in [5.41, 5.74) is 3.72. The van der Waals surface area contributed by atoms with Gasteiger partial charge in [0, 0.05) is 12.8 Å². The number of ether oxygens (including phenoxy) is 2. The molecular weight excluding hydrogens is 296 g/mol. The van der Waals surface area contributed by atoms with Crippen LogP contribution in [0, 0.1) is 0 Å². The number of hydrogen-bond acceptors (Lipinski definition) is 8. The summed E-state index contributed by atoms with van der Waals surface area (Å²) in [5.74, 6) is -2.80. The maximum absolute atomic E-state index is 11.0. The van der Waals surface area contributed by atoms with Crippen molar-refractivity contribution in [3.63, 3.8) is 0 Å². The van der Waals surface area contributed by atoms with Gasteiger partial charge in [-0.1, -0.05) is 6.08 Å². The van der Waals surface area contributed by atoms with Gasteiger partial charge in [-0.2, -0.15) is 5.16 Å². The Morgan fingerprint density at radius 1 is 1.50 bits per heavy atom. The number of carbonyl (C=O) groups is 3. The maximum atomic E-state index is 11.0. The van der Waals surface area contributed by atoms with Crippen molar-refractivity contribution in [1.82, 2.24) is 5.16 Å². The van der Waals surface area contributed by atoms with Gasteiger partial charge in [0.15, 0.2) is 5.56 Å². The predicted octanol–water partition coefficient (Wildman–Crippen LogP) is 0.174. The van der Waals surface area contributed by atoms with Gasteiger partial charge in [-0.15, -0.1) is 6.58 Å². The van der Waals surface area contributed by atoms with Gasteiger partial charge < -0.3 is 19.7 Å². The highest BCUT2D eigenvalue weighted by Gasteiger charge is 2.25. The Balaban J connectivity index is 0.000000235. The molecule has 9 heteroatoms. The van der Waals surface area contributed by atoms with E-state index in [1.54, 1.807) is 6.08 Å². The zero-order valence-electron chi connectivity index (χ0n) is 11.9. The maximum Gasteiger partial charge on any atom is 0.379 e. The van der Waals surface area contributed by atoms with E-state index in [2.05, 4.69) is 15.8 Å². The number of anilines is 1. The second kappa shape index (κ2) is 7.81. The highest BCUT2D eigenvalue weighted by atomic mass is 16.5. The summed E-state index contributed by atoms with van der Waals surface area (Å²) in [6.45, 7) is 3.56. The van der Waals surface area contributed by atoms with Crippen molar-refractivity contribution in [1.29, 1.82) is 0 Å². The second-order valence-electron chi connectivity index (χ2n) is 4.27. The molecule has 1 saturated heterocycles. The van der Waals surface area contributed by atoms with Gasteiger partial charge >= 0.3 is 11.9 Å². The Morgan fingerprint density at radius 2 is 2.18 bits per heavy atom. The van der Waals surface area contributed by atoms with Crippen LogP contribution < -0.4 is 11.3 Å². The lowest BCUT2D eigenvalue weighted by molar-refractivity contribution is -0.141. The molecule has 1 fully saturated rings. The Hall–Kier alpha value is -2.84. The highest BCUT2D eigenvalue weighted by Crippen LogP contribution is 2.16. The third-order valence-corrected chi connectivity index (χ3v) is 2.72. The summed E-state index contributed by atoms with van der Waals surface area (Å²) in [7, 11) is 1.02. The van der Waals surface area contributed by atoms with E-state index in [4.69, 9.17) is 10.5 Å². The normalized spacial score (nSPS) is 16.2. The molecule has 3 N–H and O–H groups in total. The van der Waals surface area contributed by atoms with Crippen LogP contribution in [0.3, 0.4) is 0 Å². The monoisotopic (exact) mass is 312 g/mol. The quantitative estimate of drug-likeness (QED) is 0.347. The molecule has 0 bridgehead atoms. The summed E-state index contributed by atoms with van der Waals surface area (Å²) < 4.78 is 13.3. The molecule has 1 atom stereocenters. The molecule has 0 radical (unpaired) electrons. The molecule has 1 aliphatic rings. The van der Waals surface area contributed by atoms with E-state index in [1.807, 2.05) is 5.16 Å². The fourth-order valence-electron chi connectivity index (χ4n) is 1.66. The first-order valence-electron chi connectivity index (χ1n) is 6.30. The third kappa shape index (κ3) is 4.33. The first-order chi connectivity index (χ1) is 10.4. The summed E-state index contributed by atoms with van der Waals surface area (Å²) in [6.07, 6.45) is 4.15. The van der Waals surface area contributed by atoms with Gasteiger partial charge in [0.1, 0.15) is 6.10 Å². The number of methoxy groups -OCH3 is 1. The van der Waals surface area contributed by atoms with Gasteiger partial charge in [-0.05, 0) is 6.42 Å². The largest absolute Gasteiger partial charge is 0.463 e. The zero-order chi connectivity index (χ0) is 16.7. The number of carbonyl (C=O) groups excluding carboxylic acids is 3. The van der Waals surface area contributed by atoms with Crippen molar-refractivity contribution in [3.05, 3.63) is 28.6 Å². The van der Waals surface area contributed by atoms with Crippen LogP contribution in [0.5, 0.6) is 0 Å². The van der Waals surface area contributed by atoms with Crippen molar-refractivity contribution in [2.45, 2.75) is 25.4 Å². The Morgan fingerprint density at radius 3 is 2.59 bits per heavy atom. The number of nitrogens with two attached hydrogens (primary N) is 1. The number of rotatable bonds is 4. The molecule has 1 aromatic rings. The van der Waals surface area contributed by atoms with E-state index < -0.39 is 28.8 Å². The SMILES string of the molecule is C=CCC1CCC(=O)O1.COC(=O)C(=O)c1c(N)o[nH]c1=O. The minimum Gasteiger partial charge on any atom is -0.463 e. The zero-order valence-corrected chi connectivity index (χ0v) is 11.9. The summed E-state index contributed by atoms with van der Waals surface area (Å²) >= 11 is 0. The van der Waals surface area contributed by atoms with Crippen molar-refractivity contribution in [2.24, 2.45) is 0 Å². The molecule has 9 nitrogen and oxygen atoms in total. The molecule has 120 valence electrons. The van der Waals surface area contributed by atoms with E-state index in [0.717, 1.165) is 20.0 Å². The molecule has 2 heterocycles. The average molecular weight is 312 g/mol. The molecule has 0 spiro atoms. The third-order valence-electron chi connectivity index (χ3n) is 2.72. The molecule has 1 aliphatic heterocycles. The lowest BCUT2D eigenvalue weighted by Crippen LogP contribution is -2.22. The molecule has 22 heavy (non-hydrogen) atoms. The van der Waals surface area contributed by atoms with Crippen LogP contribution >= 0.6 is 0 Å². The molecule has 0 aliphatic carbocycles. The number of Topliss-reactive ketones (excluding diaryl/α,β-unsaturated/α-hetero) is 1. The second-order valence-corrected chi connectivity index (χ2v) is 4.27. The van der Waals surface area contributed by atoms with Gasteiger partial charge in [0.2, 0.25) is 5.88 Å². The molecule has 2 rings (SSSR count). The van der Waals surface area contributed by atoms with Crippen molar-refractivity contribution in [2.75, 3.05) is 12.8 Å². The topological polar surface area (TPSA) is 142 Å².